The predicted molar refractivity (Wildman–Crippen MR) is 126 cm³/mol. The van der Waals surface area contributed by atoms with Gasteiger partial charge in [-0.25, -0.2) is 9.97 Å². The second-order valence-electron chi connectivity index (χ2n) is 6.94. The van der Waals surface area contributed by atoms with Gasteiger partial charge in [0.05, 0.1) is 32.6 Å². The van der Waals surface area contributed by atoms with Gasteiger partial charge in [-0.2, -0.15) is 0 Å². The molecule has 2 aromatic heterocycles. The van der Waals surface area contributed by atoms with E-state index in [1.807, 2.05) is 54.6 Å². The number of aryl methyl sites for hydroxylation is 1. The first kappa shape index (κ1) is 19.0. The average Bonchev–Trinajstić information content (AvgIpc) is 3.21. The van der Waals surface area contributed by atoms with Crippen molar-refractivity contribution in [3.63, 3.8) is 0 Å². The number of thioether (sulfide) groups is 1. The maximum Gasteiger partial charge on any atom is 0.266 e. The van der Waals surface area contributed by atoms with Gasteiger partial charge in [0.2, 0.25) is 0 Å². The first-order valence-electron chi connectivity index (χ1n) is 9.81. The maximum absolute atomic E-state index is 13.4. The molecule has 30 heavy (non-hydrogen) atoms. The van der Waals surface area contributed by atoms with Crippen LogP contribution in [0.3, 0.4) is 0 Å². The van der Waals surface area contributed by atoms with E-state index in [4.69, 9.17) is 9.97 Å². The molecular weight excluding hydrogens is 410 g/mol. The molecule has 0 spiro atoms. The van der Waals surface area contributed by atoms with Crippen LogP contribution in [-0.4, -0.2) is 14.5 Å². The molecule has 0 N–H and O–H groups in total. The van der Waals surface area contributed by atoms with Crippen molar-refractivity contribution in [2.45, 2.75) is 24.3 Å². The molecule has 5 aromatic rings. The first-order chi connectivity index (χ1) is 14.7. The van der Waals surface area contributed by atoms with Gasteiger partial charge in [-0.15, -0.1) is 11.3 Å². The van der Waals surface area contributed by atoms with Crippen LogP contribution in [0.1, 0.15) is 17.5 Å². The van der Waals surface area contributed by atoms with E-state index in [-0.39, 0.29) is 5.56 Å². The van der Waals surface area contributed by atoms with Crippen molar-refractivity contribution in [3.8, 4) is 5.69 Å². The number of hydrogen-bond donors (Lipinski definition) is 0. The Morgan fingerprint density at radius 3 is 2.40 bits per heavy atom. The molecule has 0 aliphatic rings. The molecule has 5 rings (SSSR count). The van der Waals surface area contributed by atoms with Crippen molar-refractivity contribution in [1.82, 2.24) is 14.5 Å². The molecule has 0 aliphatic heterocycles. The van der Waals surface area contributed by atoms with Gasteiger partial charge in [-0.05, 0) is 48.4 Å². The van der Waals surface area contributed by atoms with E-state index < -0.39 is 0 Å². The molecule has 6 heteroatoms. The van der Waals surface area contributed by atoms with Crippen LogP contribution >= 0.6 is 23.1 Å². The number of para-hydroxylation sites is 2. The molecule has 0 saturated heterocycles. The van der Waals surface area contributed by atoms with Crippen molar-refractivity contribution >= 4 is 44.2 Å². The zero-order chi connectivity index (χ0) is 20.5. The molecule has 0 bridgehead atoms. The summed E-state index contributed by atoms with van der Waals surface area (Å²) in [6.07, 6.45) is 0.963. The number of thiazole rings is 1. The van der Waals surface area contributed by atoms with Gasteiger partial charge < -0.3 is 0 Å². The summed E-state index contributed by atoms with van der Waals surface area (Å²) < 4.78 is 2.90. The fourth-order valence-electron chi connectivity index (χ4n) is 3.43. The normalized spacial score (nSPS) is 11.4. The minimum Gasteiger partial charge on any atom is -0.268 e. The Hall–Kier alpha value is -2.96. The summed E-state index contributed by atoms with van der Waals surface area (Å²) in [6.45, 7) is 2.12. The van der Waals surface area contributed by atoms with Crippen LogP contribution in [0.15, 0.2) is 82.7 Å². The second-order valence-corrected chi connectivity index (χ2v) is 8.99. The van der Waals surface area contributed by atoms with E-state index >= 15 is 0 Å². The number of rotatable bonds is 5. The lowest BCUT2D eigenvalue weighted by Crippen LogP contribution is -2.21. The highest BCUT2D eigenvalue weighted by molar-refractivity contribution is 7.98. The summed E-state index contributed by atoms with van der Waals surface area (Å²) >= 11 is 3.23. The van der Waals surface area contributed by atoms with Crippen LogP contribution in [0.25, 0.3) is 26.8 Å². The summed E-state index contributed by atoms with van der Waals surface area (Å²) in [5, 5.41) is 2.33. The fourth-order valence-corrected chi connectivity index (χ4v) is 5.40. The molecule has 2 heterocycles. The molecular formula is C24H19N3OS2. The molecule has 3 aromatic carbocycles. The Kier molecular flexibility index (Phi) is 5.11. The van der Waals surface area contributed by atoms with Crippen LogP contribution in [-0.2, 0) is 12.2 Å². The molecule has 0 amide bonds. The van der Waals surface area contributed by atoms with Crippen molar-refractivity contribution < 1.29 is 0 Å². The number of hydrogen-bond acceptors (Lipinski definition) is 5. The van der Waals surface area contributed by atoms with Crippen LogP contribution in [0, 0.1) is 0 Å². The fraction of sp³-hybridized carbons (Fsp3) is 0.125. The molecule has 0 saturated carbocycles. The largest absolute Gasteiger partial charge is 0.268 e. The summed E-state index contributed by atoms with van der Waals surface area (Å²) in [7, 11) is 0. The molecule has 0 radical (unpaired) electrons. The lowest BCUT2D eigenvalue weighted by molar-refractivity contribution is 0.819. The number of fused-ring (bicyclic) bond motifs is 2. The number of nitrogens with zero attached hydrogens (tertiary/aromatic N) is 3. The van der Waals surface area contributed by atoms with Crippen molar-refractivity contribution in [3.05, 3.63) is 93.7 Å². The number of benzene rings is 3. The van der Waals surface area contributed by atoms with E-state index in [0.717, 1.165) is 28.1 Å². The third-order valence-corrected chi connectivity index (χ3v) is 7.18. The topological polar surface area (TPSA) is 47.8 Å². The highest BCUT2D eigenvalue weighted by Crippen LogP contribution is 2.29. The minimum atomic E-state index is -0.0448. The number of aromatic nitrogens is 3. The highest BCUT2D eigenvalue weighted by atomic mass is 32.2. The third-order valence-electron chi connectivity index (χ3n) is 5.01. The van der Waals surface area contributed by atoms with Crippen molar-refractivity contribution in [2.75, 3.05) is 0 Å². The van der Waals surface area contributed by atoms with Gasteiger partial charge in [0.15, 0.2) is 5.16 Å². The van der Waals surface area contributed by atoms with Crippen LogP contribution < -0.4 is 5.56 Å². The zero-order valence-electron chi connectivity index (χ0n) is 16.4. The summed E-state index contributed by atoms with van der Waals surface area (Å²) in [6, 6.07) is 23.8. The highest BCUT2D eigenvalue weighted by Gasteiger charge is 2.14. The predicted octanol–water partition coefficient (Wildman–Crippen LogP) is 5.85. The van der Waals surface area contributed by atoms with Gasteiger partial charge in [-0.3, -0.25) is 9.36 Å². The Morgan fingerprint density at radius 2 is 1.63 bits per heavy atom. The third kappa shape index (κ3) is 3.53. The Labute approximate surface area is 182 Å². The maximum atomic E-state index is 13.4. The quantitative estimate of drug-likeness (QED) is 0.260. The van der Waals surface area contributed by atoms with Crippen LogP contribution in [0.5, 0.6) is 0 Å². The summed E-state index contributed by atoms with van der Waals surface area (Å²) in [5.41, 5.74) is 3.76. The summed E-state index contributed by atoms with van der Waals surface area (Å²) in [4.78, 5) is 22.9. The smallest absolute Gasteiger partial charge is 0.266 e. The first-order valence-corrected chi connectivity index (χ1v) is 11.6. The van der Waals surface area contributed by atoms with Gasteiger partial charge >= 0.3 is 0 Å². The SMILES string of the molecule is CCc1ccc(-n2c(SCc3nc4ccccc4s3)nc3ccccc3c2=O)cc1. The zero-order valence-corrected chi connectivity index (χ0v) is 18.0. The molecule has 0 aliphatic carbocycles. The van der Waals surface area contributed by atoms with Crippen molar-refractivity contribution in [1.29, 1.82) is 0 Å². The standard InChI is InChI=1S/C24H19N3OS2/c1-2-16-11-13-17(14-12-16)27-23(28)18-7-3-4-8-19(18)26-24(27)29-15-22-25-20-9-5-6-10-21(20)30-22/h3-14H,2,15H2,1H3. The lowest BCUT2D eigenvalue weighted by Gasteiger charge is -2.13. The Balaban J connectivity index is 1.59. The molecule has 4 nitrogen and oxygen atoms in total. The van der Waals surface area contributed by atoms with Gasteiger partial charge in [0.1, 0.15) is 5.01 Å². The monoisotopic (exact) mass is 429 g/mol. The lowest BCUT2D eigenvalue weighted by atomic mass is 10.1. The van der Waals surface area contributed by atoms with E-state index in [1.165, 1.54) is 10.3 Å². The molecule has 0 atom stereocenters. The minimum absolute atomic E-state index is 0.0448. The van der Waals surface area contributed by atoms with Gasteiger partial charge in [0.25, 0.3) is 5.56 Å². The molecule has 0 unspecified atom stereocenters. The van der Waals surface area contributed by atoms with E-state index in [0.29, 0.717) is 16.3 Å². The summed E-state index contributed by atoms with van der Waals surface area (Å²) in [5.74, 6) is 0.664. The Morgan fingerprint density at radius 1 is 0.900 bits per heavy atom. The molecule has 0 fully saturated rings. The van der Waals surface area contributed by atoms with Gasteiger partial charge in [0, 0.05) is 0 Å². The Bertz CT molecular complexity index is 1370. The second kappa shape index (κ2) is 8.05. The molecule has 148 valence electrons. The van der Waals surface area contributed by atoms with Crippen LogP contribution in [0.2, 0.25) is 0 Å². The van der Waals surface area contributed by atoms with Crippen LogP contribution in [0.4, 0.5) is 0 Å². The van der Waals surface area contributed by atoms with Crippen molar-refractivity contribution in [2.24, 2.45) is 0 Å². The average molecular weight is 430 g/mol. The van der Waals surface area contributed by atoms with E-state index in [9.17, 15) is 4.79 Å². The van der Waals surface area contributed by atoms with E-state index in [2.05, 4.69) is 25.1 Å². The van der Waals surface area contributed by atoms with E-state index in [1.54, 1.807) is 27.7 Å². The van der Waals surface area contributed by atoms with Gasteiger partial charge in [-0.1, -0.05) is 55.1 Å².